The Bertz CT molecular complexity index is 851. The van der Waals surface area contributed by atoms with Gasteiger partial charge in [-0.15, -0.1) is 0 Å². The van der Waals surface area contributed by atoms with E-state index in [0.717, 1.165) is 11.1 Å². The highest BCUT2D eigenvalue weighted by molar-refractivity contribution is 6.31. The minimum Gasteiger partial charge on any atom is -0.308 e. The molecular formula is C19H14ClFN2O. The number of nitrogens with one attached hydrogen (secondary N) is 2. The lowest BCUT2D eigenvalue weighted by molar-refractivity contribution is 0.262. The van der Waals surface area contributed by atoms with Crippen molar-refractivity contribution in [3.63, 3.8) is 0 Å². The summed E-state index contributed by atoms with van der Waals surface area (Å²) in [4.78, 5) is 12.0. The molecule has 0 atom stereocenters. The molecule has 3 rings (SSSR count). The molecule has 0 saturated heterocycles. The van der Waals surface area contributed by atoms with Crippen molar-refractivity contribution in [2.75, 3.05) is 10.6 Å². The van der Waals surface area contributed by atoms with Crippen LogP contribution in [0.1, 0.15) is 0 Å². The van der Waals surface area contributed by atoms with E-state index in [1.54, 1.807) is 0 Å². The lowest BCUT2D eigenvalue weighted by atomic mass is 10.1. The maximum atomic E-state index is 13.1. The van der Waals surface area contributed by atoms with Gasteiger partial charge in [-0.05, 0) is 41.5 Å². The van der Waals surface area contributed by atoms with Crippen LogP contribution in [0.5, 0.6) is 0 Å². The van der Waals surface area contributed by atoms with Crippen LogP contribution < -0.4 is 10.6 Å². The highest BCUT2D eigenvalue weighted by atomic mass is 35.5. The topological polar surface area (TPSA) is 41.1 Å². The van der Waals surface area contributed by atoms with Gasteiger partial charge in [0.2, 0.25) is 0 Å². The highest BCUT2D eigenvalue weighted by Crippen LogP contribution is 2.22. The largest absolute Gasteiger partial charge is 0.323 e. The monoisotopic (exact) mass is 340 g/mol. The number of carbonyl (C=O) groups excluding carboxylic acids is 1. The molecule has 0 radical (unpaired) electrons. The first-order valence-corrected chi connectivity index (χ1v) is 7.68. The summed E-state index contributed by atoms with van der Waals surface area (Å²) in [5.74, 6) is -0.529. The molecule has 0 unspecified atom stereocenters. The number of hydrogen-bond acceptors (Lipinski definition) is 1. The molecule has 0 heterocycles. The molecule has 0 aliphatic heterocycles. The fraction of sp³-hybridized carbons (Fsp3) is 0. The molecule has 2 N–H and O–H groups in total. The number of urea groups is 1. The molecule has 3 aromatic rings. The molecule has 2 amide bonds. The van der Waals surface area contributed by atoms with E-state index >= 15 is 0 Å². The lowest BCUT2D eigenvalue weighted by Gasteiger charge is -2.09. The highest BCUT2D eigenvalue weighted by Gasteiger charge is 2.06. The summed E-state index contributed by atoms with van der Waals surface area (Å²) < 4.78 is 13.1. The van der Waals surface area contributed by atoms with Gasteiger partial charge >= 0.3 is 6.03 Å². The molecule has 0 aromatic heterocycles. The van der Waals surface area contributed by atoms with Crippen LogP contribution >= 0.6 is 11.6 Å². The third-order valence-corrected chi connectivity index (χ3v) is 3.72. The first-order chi connectivity index (χ1) is 11.6. The van der Waals surface area contributed by atoms with E-state index in [1.165, 1.54) is 18.2 Å². The van der Waals surface area contributed by atoms with Crippen LogP contribution in [-0.2, 0) is 0 Å². The molecule has 0 saturated carbocycles. The second-order valence-electron chi connectivity index (χ2n) is 5.15. The maximum absolute atomic E-state index is 13.1. The zero-order valence-electron chi connectivity index (χ0n) is 12.6. The second kappa shape index (κ2) is 7.15. The van der Waals surface area contributed by atoms with E-state index in [0.29, 0.717) is 11.4 Å². The first-order valence-electron chi connectivity index (χ1n) is 7.30. The molecule has 0 aliphatic rings. The van der Waals surface area contributed by atoms with Crippen LogP contribution in [-0.4, -0.2) is 6.03 Å². The number of benzene rings is 3. The number of rotatable bonds is 3. The average molecular weight is 341 g/mol. The van der Waals surface area contributed by atoms with Crippen LogP contribution in [0, 0.1) is 5.82 Å². The van der Waals surface area contributed by atoms with Gasteiger partial charge in [0.25, 0.3) is 0 Å². The van der Waals surface area contributed by atoms with Crippen molar-refractivity contribution in [3.8, 4) is 11.1 Å². The average Bonchev–Trinajstić information content (AvgIpc) is 2.59. The van der Waals surface area contributed by atoms with E-state index in [9.17, 15) is 9.18 Å². The van der Waals surface area contributed by atoms with E-state index in [2.05, 4.69) is 10.6 Å². The number of halogens is 2. The van der Waals surface area contributed by atoms with Crippen molar-refractivity contribution in [3.05, 3.63) is 83.6 Å². The van der Waals surface area contributed by atoms with Crippen LogP contribution in [0.25, 0.3) is 11.1 Å². The third-order valence-electron chi connectivity index (χ3n) is 3.43. The Hall–Kier alpha value is -2.85. The summed E-state index contributed by atoms with van der Waals surface area (Å²) in [6, 6.07) is 21.0. The van der Waals surface area contributed by atoms with Crippen molar-refractivity contribution in [2.24, 2.45) is 0 Å². The number of carbonyl (C=O) groups is 1. The quantitative estimate of drug-likeness (QED) is 0.622. The summed E-state index contributed by atoms with van der Waals surface area (Å²) in [6.07, 6.45) is 0. The Morgan fingerprint density at radius 2 is 1.38 bits per heavy atom. The predicted octanol–water partition coefficient (Wildman–Crippen LogP) is 5.79. The SMILES string of the molecule is O=C(Nc1ccc(-c2ccccc2)cc1)Nc1ccc(F)c(Cl)c1. The Balaban J connectivity index is 1.65. The van der Waals surface area contributed by atoms with Crippen molar-refractivity contribution in [2.45, 2.75) is 0 Å². The Morgan fingerprint density at radius 3 is 2.04 bits per heavy atom. The van der Waals surface area contributed by atoms with Crippen LogP contribution in [0.15, 0.2) is 72.8 Å². The summed E-state index contributed by atoms with van der Waals surface area (Å²) >= 11 is 5.69. The van der Waals surface area contributed by atoms with E-state index in [1.807, 2.05) is 54.6 Å². The Labute approximate surface area is 144 Å². The van der Waals surface area contributed by atoms with E-state index < -0.39 is 11.8 Å². The van der Waals surface area contributed by atoms with Gasteiger partial charge in [0, 0.05) is 11.4 Å². The molecule has 3 nitrogen and oxygen atoms in total. The molecule has 0 fully saturated rings. The zero-order valence-corrected chi connectivity index (χ0v) is 13.3. The van der Waals surface area contributed by atoms with Crippen molar-refractivity contribution in [1.29, 1.82) is 0 Å². The van der Waals surface area contributed by atoms with Crippen LogP contribution in [0.2, 0.25) is 5.02 Å². The Morgan fingerprint density at radius 1 is 0.792 bits per heavy atom. The molecule has 0 bridgehead atoms. The summed E-state index contributed by atoms with van der Waals surface area (Å²) in [6.45, 7) is 0. The number of anilines is 2. The lowest BCUT2D eigenvalue weighted by Crippen LogP contribution is -2.19. The van der Waals surface area contributed by atoms with Gasteiger partial charge in [0.15, 0.2) is 0 Å². The van der Waals surface area contributed by atoms with Crippen molar-refractivity contribution >= 4 is 29.0 Å². The Kier molecular flexibility index (Phi) is 4.77. The smallest absolute Gasteiger partial charge is 0.308 e. The number of hydrogen-bond donors (Lipinski definition) is 2. The van der Waals surface area contributed by atoms with Gasteiger partial charge in [0.1, 0.15) is 5.82 Å². The molecule has 0 spiro atoms. The molecule has 120 valence electrons. The molecule has 0 aliphatic carbocycles. The van der Waals surface area contributed by atoms with Gasteiger partial charge in [-0.25, -0.2) is 9.18 Å². The van der Waals surface area contributed by atoms with Gasteiger partial charge in [-0.1, -0.05) is 54.1 Å². The van der Waals surface area contributed by atoms with E-state index in [4.69, 9.17) is 11.6 Å². The summed E-state index contributed by atoms with van der Waals surface area (Å²) in [7, 11) is 0. The van der Waals surface area contributed by atoms with Crippen LogP contribution in [0.4, 0.5) is 20.6 Å². The zero-order chi connectivity index (χ0) is 16.9. The molecular weight excluding hydrogens is 327 g/mol. The fourth-order valence-corrected chi connectivity index (χ4v) is 2.42. The van der Waals surface area contributed by atoms with Gasteiger partial charge in [0.05, 0.1) is 5.02 Å². The molecule has 5 heteroatoms. The molecule has 24 heavy (non-hydrogen) atoms. The minimum atomic E-state index is -0.529. The standard InChI is InChI=1S/C19H14ClFN2O/c20-17-12-16(10-11-18(17)21)23-19(24)22-15-8-6-14(7-9-15)13-4-2-1-3-5-13/h1-12H,(H2,22,23,24). The van der Waals surface area contributed by atoms with Crippen LogP contribution in [0.3, 0.4) is 0 Å². The van der Waals surface area contributed by atoms with Crippen molar-refractivity contribution in [1.82, 2.24) is 0 Å². The second-order valence-corrected chi connectivity index (χ2v) is 5.56. The van der Waals surface area contributed by atoms with E-state index in [-0.39, 0.29) is 5.02 Å². The van der Waals surface area contributed by atoms with Gasteiger partial charge in [-0.2, -0.15) is 0 Å². The van der Waals surface area contributed by atoms with Gasteiger partial charge in [-0.3, -0.25) is 0 Å². The van der Waals surface area contributed by atoms with Crippen molar-refractivity contribution < 1.29 is 9.18 Å². The molecule has 3 aromatic carbocycles. The summed E-state index contributed by atoms with van der Waals surface area (Å²) in [5, 5.41) is 5.28. The minimum absolute atomic E-state index is 0.0417. The summed E-state index contributed by atoms with van der Waals surface area (Å²) in [5.41, 5.74) is 3.24. The predicted molar refractivity (Wildman–Crippen MR) is 95.9 cm³/mol. The number of amides is 2. The first kappa shape index (κ1) is 16.0. The maximum Gasteiger partial charge on any atom is 0.323 e. The van der Waals surface area contributed by atoms with Gasteiger partial charge < -0.3 is 10.6 Å². The normalized spacial score (nSPS) is 10.2. The fourth-order valence-electron chi connectivity index (χ4n) is 2.24. The third kappa shape index (κ3) is 3.91.